The second-order valence-corrected chi connectivity index (χ2v) is 10.4. The second kappa shape index (κ2) is 10.5. The number of benzene rings is 3. The van der Waals surface area contributed by atoms with E-state index in [1.165, 1.54) is 12.8 Å². The molecule has 0 spiro atoms. The van der Waals surface area contributed by atoms with Gasteiger partial charge in [0, 0.05) is 23.5 Å². The van der Waals surface area contributed by atoms with Gasteiger partial charge in [0.2, 0.25) is 5.95 Å². The Morgan fingerprint density at radius 1 is 1.03 bits per heavy atom. The number of aromatic amines is 1. The molecule has 37 heavy (non-hydrogen) atoms. The highest BCUT2D eigenvalue weighted by Gasteiger charge is 2.19. The van der Waals surface area contributed by atoms with E-state index in [9.17, 15) is 13.2 Å². The van der Waals surface area contributed by atoms with E-state index in [1.54, 1.807) is 73.7 Å². The number of carbonyl (C=O) groups is 1. The van der Waals surface area contributed by atoms with Crippen molar-refractivity contribution in [3.63, 3.8) is 0 Å². The molecule has 192 valence electrons. The second-order valence-electron chi connectivity index (χ2n) is 8.88. The van der Waals surface area contributed by atoms with E-state index in [0.29, 0.717) is 40.9 Å². The average Bonchev–Trinajstić information content (AvgIpc) is 3.53. The first-order valence-electron chi connectivity index (χ1n) is 12.2. The summed E-state index contributed by atoms with van der Waals surface area (Å²) in [5.41, 5.74) is 3.18. The minimum atomic E-state index is -4.01. The standard InChI is InChI=1S/C27H28N4O5S/c1-2-35-26(32)18-6-5-9-21(16-18)29-27-30-24-15-12-22(17-25(24)31-27)36-37(33,34)23-13-10-20(11-14-23)28-19-7-3-4-8-19/h5-6,9-17,19,28H,2-4,7-8H2,1H3,(H2,29,30,31). The first-order chi connectivity index (χ1) is 17.9. The fraction of sp³-hybridized carbons (Fsp3) is 0.259. The number of nitrogens with one attached hydrogen (secondary N) is 3. The number of aromatic nitrogens is 2. The van der Waals surface area contributed by atoms with E-state index >= 15 is 0 Å². The van der Waals surface area contributed by atoms with Gasteiger partial charge in [-0.15, -0.1) is 0 Å². The third-order valence-corrected chi connectivity index (χ3v) is 7.43. The average molecular weight is 521 g/mol. The van der Waals surface area contributed by atoms with E-state index in [1.807, 2.05) is 0 Å². The van der Waals surface area contributed by atoms with Crippen LogP contribution in [0.15, 0.2) is 71.6 Å². The van der Waals surface area contributed by atoms with Gasteiger partial charge in [-0.2, -0.15) is 8.42 Å². The van der Waals surface area contributed by atoms with E-state index in [-0.39, 0.29) is 10.6 Å². The summed E-state index contributed by atoms with van der Waals surface area (Å²) in [6, 6.07) is 18.8. The summed E-state index contributed by atoms with van der Waals surface area (Å²) in [5, 5.41) is 6.56. The monoisotopic (exact) mass is 520 g/mol. The van der Waals surface area contributed by atoms with Gasteiger partial charge < -0.3 is 24.5 Å². The van der Waals surface area contributed by atoms with Crippen LogP contribution in [-0.2, 0) is 14.9 Å². The number of H-pyrrole nitrogens is 1. The van der Waals surface area contributed by atoms with Gasteiger partial charge in [-0.1, -0.05) is 18.9 Å². The Hall–Kier alpha value is -4.05. The summed E-state index contributed by atoms with van der Waals surface area (Å²) in [6.45, 7) is 2.05. The van der Waals surface area contributed by atoms with Crippen molar-refractivity contribution in [1.29, 1.82) is 0 Å². The summed E-state index contributed by atoms with van der Waals surface area (Å²) >= 11 is 0. The lowest BCUT2D eigenvalue weighted by Crippen LogP contribution is -2.14. The van der Waals surface area contributed by atoms with Crippen LogP contribution in [0.1, 0.15) is 43.0 Å². The Kier molecular flexibility index (Phi) is 7.00. The van der Waals surface area contributed by atoms with Gasteiger partial charge in [0.15, 0.2) is 0 Å². The van der Waals surface area contributed by atoms with Crippen molar-refractivity contribution < 1.29 is 22.1 Å². The van der Waals surface area contributed by atoms with Gasteiger partial charge in [-0.3, -0.25) is 0 Å². The zero-order chi connectivity index (χ0) is 25.8. The van der Waals surface area contributed by atoms with Gasteiger partial charge in [-0.25, -0.2) is 9.78 Å². The predicted octanol–water partition coefficient (Wildman–Crippen LogP) is 5.61. The Balaban J connectivity index is 1.28. The highest BCUT2D eigenvalue weighted by molar-refractivity contribution is 7.87. The maximum Gasteiger partial charge on any atom is 0.339 e. The normalized spacial score (nSPS) is 14.0. The molecule has 0 bridgehead atoms. The SMILES string of the molecule is CCOC(=O)c1cccc(Nc2nc3cc(OS(=O)(=O)c4ccc(NC5CCCC5)cc4)ccc3[nH]2)c1. The molecule has 9 nitrogen and oxygen atoms in total. The van der Waals surface area contributed by atoms with Crippen LogP contribution in [0.25, 0.3) is 11.0 Å². The molecule has 4 aromatic rings. The van der Waals surface area contributed by atoms with Crippen LogP contribution in [0.3, 0.4) is 0 Å². The lowest BCUT2D eigenvalue weighted by atomic mass is 10.2. The maximum atomic E-state index is 12.9. The number of nitrogens with zero attached hydrogens (tertiary/aromatic N) is 1. The van der Waals surface area contributed by atoms with Crippen LogP contribution in [0.5, 0.6) is 5.75 Å². The molecule has 1 heterocycles. The largest absolute Gasteiger partial charge is 0.462 e. The molecule has 0 atom stereocenters. The van der Waals surface area contributed by atoms with Crippen molar-refractivity contribution in [2.75, 3.05) is 17.2 Å². The third kappa shape index (κ3) is 5.86. The molecule has 3 aromatic carbocycles. The zero-order valence-corrected chi connectivity index (χ0v) is 21.2. The van der Waals surface area contributed by atoms with Crippen molar-refractivity contribution in [1.82, 2.24) is 9.97 Å². The number of hydrogen-bond donors (Lipinski definition) is 3. The molecule has 0 amide bonds. The number of hydrogen-bond acceptors (Lipinski definition) is 8. The Bertz CT molecular complexity index is 1510. The Morgan fingerprint density at radius 2 is 1.81 bits per heavy atom. The summed E-state index contributed by atoms with van der Waals surface area (Å²) < 4.78 is 36.1. The summed E-state index contributed by atoms with van der Waals surface area (Å²) in [4.78, 5) is 19.7. The number of esters is 1. The number of carbonyl (C=O) groups excluding carboxylic acids is 1. The Labute approximate surface area is 215 Å². The lowest BCUT2D eigenvalue weighted by molar-refractivity contribution is 0.0526. The van der Waals surface area contributed by atoms with E-state index in [0.717, 1.165) is 18.5 Å². The first-order valence-corrected chi connectivity index (χ1v) is 13.7. The molecular formula is C27H28N4O5S. The molecule has 0 saturated heterocycles. The van der Waals surface area contributed by atoms with Crippen molar-refractivity contribution in [2.24, 2.45) is 0 Å². The molecule has 1 aliphatic carbocycles. The van der Waals surface area contributed by atoms with Gasteiger partial charge in [0.25, 0.3) is 0 Å². The quantitative estimate of drug-likeness (QED) is 0.192. The Morgan fingerprint density at radius 3 is 2.57 bits per heavy atom. The molecule has 0 aliphatic heterocycles. The smallest absolute Gasteiger partial charge is 0.339 e. The van der Waals surface area contributed by atoms with Crippen LogP contribution < -0.4 is 14.8 Å². The molecule has 3 N–H and O–H groups in total. The van der Waals surface area contributed by atoms with Gasteiger partial charge >= 0.3 is 16.1 Å². The summed E-state index contributed by atoms with van der Waals surface area (Å²) in [7, 11) is -4.01. The van der Waals surface area contributed by atoms with Crippen LogP contribution in [0.4, 0.5) is 17.3 Å². The van der Waals surface area contributed by atoms with Crippen molar-refractivity contribution in [3.8, 4) is 5.75 Å². The fourth-order valence-electron chi connectivity index (χ4n) is 4.37. The van der Waals surface area contributed by atoms with Crippen molar-refractivity contribution in [2.45, 2.75) is 43.5 Å². The summed E-state index contributed by atoms with van der Waals surface area (Å²) in [6.07, 6.45) is 4.71. The molecule has 0 radical (unpaired) electrons. The molecule has 1 aromatic heterocycles. The minimum absolute atomic E-state index is 0.0791. The number of fused-ring (bicyclic) bond motifs is 1. The molecule has 10 heteroatoms. The molecule has 1 aliphatic rings. The number of ether oxygens (including phenoxy) is 1. The fourth-order valence-corrected chi connectivity index (χ4v) is 5.29. The number of rotatable bonds is 9. The molecule has 0 unspecified atom stereocenters. The number of anilines is 3. The van der Waals surface area contributed by atoms with Crippen molar-refractivity contribution >= 4 is 44.4 Å². The van der Waals surface area contributed by atoms with E-state index < -0.39 is 16.1 Å². The van der Waals surface area contributed by atoms with Gasteiger partial charge in [-0.05, 0) is 74.4 Å². The molecule has 1 saturated carbocycles. The van der Waals surface area contributed by atoms with Crippen molar-refractivity contribution in [3.05, 3.63) is 72.3 Å². The van der Waals surface area contributed by atoms with Crippen LogP contribution in [0.2, 0.25) is 0 Å². The van der Waals surface area contributed by atoms with Crippen LogP contribution >= 0.6 is 0 Å². The highest BCUT2D eigenvalue weighted by Crippen LogP contribution is 2.27. The van der Waals surface area contributed by atoms with Gasteiger partial charge in [0.1, 0.15) is 10.6 Å². The molecular weight excluding hydrogens is 492 g/mol. The maximum absolute atomic E-state index is 12.9. The van der Waals surface area contributed by atoms with Crippen LogP contribution in [-0.4, -0.2) is 37.0 Å². The topological polar surface area (TPSA) is 122 Å². The lowest BCUT2D eigenvalue weighted by Gasteiger charge is -2.14. The molecule has 5 rings (SSSR count). The zero-order valence-electron chi connectivity index (χ0n) is 20.4. The third-order valence-electron chi connectivity index (χ3n) is 6.17. The number of imidazole rings is 1. The molecule has 1 fully saturated rings. The van der Waals surface area contributed by atoms with E-state index in [2.05, 4.69) is 20.6 Å². The predicted molar refractivity (Wildman–Crippen MR) is 142 cm³/mol. The first kappa shape index (κ1) is 24.6. The minimum Gasteiger partial charge on any atom is -0.462 e. The van der Waals surface area contributed by atoms with E-state index in [4.69, 9.17) is 8.92 Å². The van der Waals surface area contributed by atoms with Gasteiger partial charge in [0.05, 0.1) is 23.2 Å². The van der Waals surface area contributed by atoms with Crippen LogP contribution in [0, 0.1) is 0 Å². The highest BCUT2D eigenvalue weighted by atomic mass is 32.2. The summed E-state index contributed by atoms with van der Waals surface area (Å²) in [5.74, 6) is 0.183.